The van der Waals surface area contributed by atoms with Gasteiger partial charge < -0.3 is 10.0 Å². The van der Waals surface area contributed by atoms with Crippen LogP contribution >= 0.6 is 11.3 Å². The number of piperidine rings is 1. The molecule has 1 unspecified atom stereocenters. The minimum absolute atomic E-state index is 0.0853. The highest BCUT2D eigenvalue weighted by molar-refractivity contribution is 7.07. The van der Waals surface area contributed by atoms with Crippen molar-refractivity contribution in [3.8, 4) is 0 Å². The number of carbonyl (C=O) groups excluding carboxylic acids is 1. The van der Waals surface area contributed by atoms with Gasteiger partial charge in [0.25, 0.3) is 0 Å². The van der Waals surface area contributed by atoms with Gasteiger partial charge in [0.15, 0.2) is 0 Å². The quantitative estimate of drug-likeness (QED) is 0.914. The molecule has 23 heavy (non-hydrogen) atoms. The molecule has 1 spiro atoms. The predicted octanol–water partition coefficient (Wildman–Crippen LogP) is 2.08. The molecule has 6 heteroatoms. The number of aliphatic carboxylic acids is 1. The van der Waals surface area contributed by atoms with Crippen LogP contribution in [0.25, 0.3) is 0 Å². The molecule has 0 radical (unpaired) electrons. The maximum Gasteiger partial charge on any atom is 0.320 e. The van der Waals surface area contributed by atoms with E-state index >= 15 is 0 Å². The Kier molecular flexibility index (Phi) is 4.73. The lowest BCUT2D eigenvalue weighted by Crippen LogP contribution is -2.44. The molecule has 1 N–H and O–H groups in total. The number of thiophene rings is 1. The Labute approximate surface area is 140 Å². The molecule has 126 valence electrons. The molecule has 5 nitrogen and oxygen atoms in total. The van der Waals surface area contributed by atoms with Crippen LogP contribution in [0.5, 0.6) is 0 Å². The fraction of sp³-hybridized carbons (Fsp3) is 0.647. The summed E-state index contributed by atoms with van der Waals surface area (Å²) in [5.74, 6) is -0.495. The van der Waals surface area contributed by atoms with Gasteiger partial charge >= 0.3 is 5.97 Å². The highest BCUT2D eigenvalue weighted by Crippen LogP contribution is 2.42. The van der Waals surface area contributed by atoms with E-state index in [0.717, 1.165) is 45.3 Å². The smallest absolute Gasteiger partial charge is 0.320 e. The van der Waals surface area contributed by atoms with Crippen molar-refractivity contribution >= 4 is 23.2 Å². The Morgan fingerprint density at radius 1 is 1.39 bits per heavy atom. The molecule has 1 aromatic heterocycles. The van der Waals surface area contributed by atoms with E-state index in [1.54, 1.807) is 11.3 Å². The number of hydrogen-bond acceptors (Lipinski definition) is 4. The van der Waals surface area contributed by atoms with E-state index in [4.69, 9.17) is 0 Å². The van der Waals surface area contributed by atoms with Gasteiger partial charge in [-0.25, -0.2) is 0 Å². The second-order valence-electron chi connectivity index (χ2n) is 6.99. The Bertz CT molecular complexity index is 564. The molecule has 2 fully saturated rings. The van der Waals surface area contributed by atoms with Crippen molar-refractivity contribution in [2.75, 3.05) is 26.7 Å². The highest BCUT2D eigenvalue weighted by Gasteiger charge is 2.47. The third-order valence-corrected chi connectivity index (χ3v) is 6.14. The van der Waals surface area contributed by atoms with Crippen LogP contribution < -0.4 is 0 Å². The van der Waals surface area contributed by atoms with Crippen molar-refractivity contribution < 1.29 is 14.7 Å². The number of amides is 1. The number of carboxylic acid groups (broad SMARTS) is 1. The molecule has 0 aliphatic carbocycles. The first-order valence-corrected chi connectivity index (χ1v) is 9.15. The van der Waals surface area contributed by atoms with Crippen LogP contribution in [0.2, 0.25) is 0 Å². The number of rotatable bonds is 4. The summed E-state index contributed by atoms with van der Waals surface area (Å²) in [6, 6.07) is 1.71. The molecular formula is C17H24N2O3S. The minimum Gasteiger partial charge on any atom is -0.480 e. The lowest BCUT2D eigenvalue weighted by molar-refractivity contribution is -0.142. The van der Waals surface area contributed by atoms with Crippen LogP contribution in [0.15, 0.2) is 16.8 Å². The summed E-state index contributed by atoms with van der Waals surface area (Å²) >= 11 is 1.66. The van der Waals surface area contributed by atoms with Crippen molar-refractivity contribution in [3.63, 3.8) is 0 Å². The number of likely N-dealkylation sites (tertiary alicyclic amines) is 2. The molecule has 0 saturated carbocycles. The second kappa shape index (κ2) is 6.61. The summed E-state index contributed by atoms with van der Waals surface area (Å²) in [6.07, 6.45) is 3.95. The monoisotopic (exact) mass is 336 g/mol. The Balaban J connectivity index is 1.50. The van der Waals surface area contributed by atoms with Gasteiger partial charge in [-0.1, -0.05) is 0 Å². The van der Waals surface area contributed by atoms with Crippen molar-refractivity contribution in [1.82, 2.24) is 9.80 Å². The predicted molar refractivity (Wildman–Crippen MR) is 89.6 cm³/mol. The van der Waals surface area contributed by atoms with Gasteiger partial charge in [-0.3, -0.25) is 14.5 Å². The lowest BCUT2D eigenvalue weighted by atomic mass is 9.76. The first kappa shape index (κ1) is 16.5. The molecule has 2 aliphatic heterocycles. The van der Waals surface area contributed by atoms with E-state index in [1.807, 2.05) is 22.2 Å². The average molecular weight is 336 g/mol. The summed E-state index contributed by atoms with van der Waals surface area (Å²) < 4.78 is 0. The Hall–Kier alpha value is -1.40. The van der Waals surface area contributed by atoms with Crippen molar-refractivity contribution in [1.29, 1.82) is 0 Å². The van der Waals surface area contributed by atoms with E-state index < -0.39 is 5.97 Å². The second-order valence-corrected chi connectivity index (χ2v) is 7.77. The van der Waals surface area contributed by atoms with Crippen molar-refractivity contribution in [3.05, 3.63) is 22.4 Å². The van der Waals surface area contributed by atoms with Crippen molar-refractivity contribution in [2.45, 2.75) is 38.1 Å². The number of nitrogens with zero attached hydrogens (tertiary/aromatic N) is 2. The largest absolute Gasteiger partial charge is 0.480 e. The number of carbonyl (C=O) groups is 2. The van der Waals surface area contributed by atoms with E-state index in [2.05, 4.69) is 11.4 Å². The van der Waals surface area contributed by atoms with Crippen LogP contribution in [-0.4, -0.2) is 59.5 Å². The van der Waals surface area contributed by atoms with E-state index in [0.29, 0.717) is 6.42 Å². The first-order valence-electron chi connectivity index (χ1n) is 8.21. The SMILES string of the molecule is CN1CC2(CCN(C(=O)CCc3ccsc3)CC2)CC1C(=O)O. The molecule has 0 aromatic carbocycles. The summed E-state index contributed by atoms with van der Waals surface area (Å²) in [7, 11) is 1.89. The van der Waals surface area contributed by atoms with Crippen LogP contribution in [0.3, 0.4) is 0 Å². The van der Waals surface area contributed by atoms with E-state index in [9.17, 15) is 14.7 Å². The van der Waals surface area contributed by atoms with E-state index in [1.165, 1.54) is 5.56 Å². The summed E-state index contributed by atoms with van der Waals surface area (Å²) in [4.78, 5) is 27.6. The van der Waals surface area contributed by atoms with Gasteiger partial charge in [0.1, 0.15) is 6.04 Å². The van der Waals surface area contributed by atoms with Crippen molar-refractivity contribution in [2.24, 2.45) is 5.41 Å². The molecule has 1 aromatic rings. The summed E-state index contributed by atoms with van der Waals surface area (Å²) in [5.41, 5.74) is 1.32. The fourth-order valence-corrected chi connectivity index (χ4v) is 4.69. The van der Waals surface area contributed by atoms with Gasteiger partial charge in [0.2, 0.25) is 5.91 Å². The molecular weight excluding hydrogens is 312 g/mol. The number of carboxylic acids is 1. The highest BCUT2D eigenvalue weighted by atomic mass is 32.1. The van der Waals surface area contributed by atoms with Crippen LogP contribution in [0.4, 0.5) is 0 Å². The van der Waals surface area contributed by atoms with Crippen LogP contribution in [0, 0.1) is 5.41 Å². The van der Waals surface area contributed by atoms with Gasteiger partial charge in [-0.05, 0) is 60.5 Å². The normalized spacial score (nSPS) is 24.2. The molecule has 2 aliphatic rings. The molecule has 3 rings (SSSR count). The molecule has 1 atom stereocenters. The maximum atomic E-state index is 12.4. The number of hydrogen-bond donors (Lipinski definition) is 1. The maximum absolute atomic E-state index is 12.4. The zero-order valence-electron chi connectivity index (χ0n) is 13.5. The molecule has 2 saturated heterocycles. The topological polar surface area (TPSA) is 60.9 Å². The van der Waals surface area contributed by atoms with Gasteiger partial charge in [-0.15, -0.1) is 0 Å². The fourth-order valence-electron chi connectivity index (χ4n) is 3.98. The number of aryl methyl sites for hydroxylation is 1. The third-order valence-electron chi connectivity index (χ3n) is 5.41. The van der Waals surface area contributed by atoms with Gasteiger partial charge in [-0.2, -0.15) is 11.3 Å². The minimum atomic E-state index is -0.723. The molecule has 3 heterocycles. The number of likely N-dealkylation sites (N-methyl/N-ethyl adjacent to an activating group) is 1. The summed E-state index contributed by atoms with van der Waals surface area (Å²) in [6.45, 7) is 2.37. The summed E-state index contributed by atoms with van der Waals surface area (Å²) in [5, 5.41) is 13.4. The lowest BCUT2D eigenvalue weighted by Gasteiger charge is -2.39. The van der Waals surface area contributed by atoms with Crippen LogP contribution in [-0.2, 0) is 16.0 Å². The van der Waals surface area contributed by atoms with Crippen LogP contribution in [0.1, 0.15) is 31.2 Å². The standard InChI is InChI=1S/C17H24N2O3S/c1-18-12-17(10-14(18)16(21)22)5-7-19(8-6-17)15(20)3-2-13-4-9-23-11-13/h4,9,11,14H,2-3,5-8,10,12H2,1H3,(H,21,22). The Morgan fingerprint density at radius 3 is 2.70 bits per heavy atom. The zero-order chi connectivity index (χ0) is 16.4. The molecule has 1 amide bonds. The Morgan fingerprint density at radius 2 is 2.13 bits per heavy atom. The zero-order valence-corrected chi connectivity index (χ0v) is 14.3. The van der Waals surface area contributed by atoms with E-state index in [-0.39, 0.29) is 17.4 Å². The molecule has 0 bridgehead atoms. The first-order chi connectivity index (χ1) is 11.0. The third kappa shape index (κ3) is 3.58. The average Bonchev–Trinajstić information content (AvgIpc) is 3.14. The van der Waals surface area contributed by atoms with Gasteiger partial charge in [0.05, 0.1) is 0 Å². The van der Waals surface area contributed by atoms with Gasteiger partial charge in [0, 0.05) is 26.1 Å².